The zero-order valence-corrected chi connectivity index (χ0v) is 33.7. The number of nitrogens with one attached hydrogen (secondary N) is 6. The number of aromatic nitrogens is 3. The van der Waals surface area contributed by atoms with Gasteiger partial charge in [-0.3, -0.25) is 28.8 Å². The third-order valence-electron chi connectivity index (χ3n) is 8.54. The van der Waals surface area contributed by atoms with Gasteiger partial charge < -0.3 is 41.0 Å². The van der Waals surface area contributed by atoms with E-state index < -0.39 is 0 Å². The quantitative estimate of drug-likeness (QED) is 0.116. The summed E-state index contributed by atoms with van der Waals surface area (Å²) >= 11 is 0. The number of aryl methyl sites for hydroxylation is 2. The number of amides is 2. The van der Waals surface area contributed by atoms with Crippen LogP contribution in [0.2, 0.25) is 0 Å². The van der Waals surface area contributed by atoms with Gasteiger partial charge >= 0.3 is 0 Å². The number of imidazole rings is 1. The Labute approximate surface area is 314 Å². The highest BCUT2D eigenvalue weighted by atomic mass is 16.2. The molecule has 296 valence electrons. The van der Waals surface area contributed by atoms with Gasteiger partial charge in [0.25, 0.3) is 0 Å². The fourth-order valence-electron chi connectivity index (χ4n) is 5.18. The van der Waals surface area contributed by atoms with E-state index >= 15 is 0 Å². The van der Waals surface area contributed by atoms with Crippen molar-refractivity contribution in [3.05, 3.63) is 54.2 Å². The third-order valence-corrected chi connectivity index (χ3v) is 8.54. The standard InChI is InChI=1S/C14H18N2O.C9H15N3O.C8H16N2O2.C7H14N2O2/c1-10(17)13(15-2)8-11-9-16(3)14-7-5-4-6-12(11)14;1-7(13)9(10-2)4-8-5-12(3)6-11-8;1-6(11)7(9-2)4-5-8(12)10-3;1-5(10)6(8-2)4-7(11)9-3/h4-7,9,13,15H,8H2,1-3H3;5-6,9-10H,4H2,1-3H3;7,9H,4-5H2,1-3H3,(H,10,12);6,8H,4H2,1-3H3,(H,9,11). The van der Waals surface area contributed by atoms with E-state index in [0.29, 0.717) is 19.3 Å². The van der Waals surface area contributed by atoms with Crippen LogP contribution in [0, 0.1) is 0 Å². The van der Waals surface area contributed by atoms with Gasteiger partial charge in [0.1, 0.15) is 23.1 Å². The summed E-state index contributed by atoms with van der Waals surface area (Å²) in [6.07, 6.45) is 8.34. The van der Waals surface area contributed by atoms with Crippen molar-refractivity contribution in [2.24, 2.45) is 14.1 Å². The fraction of sp³-hybridized carbons (Fsp3) is 0.553. The summed E-state index contributed by atoms with van der Waals surface area (Å²) in [5, 5.41) is 17.8. The molecule has 0 radical (unpaired) electrons. The fourth-order valence-corrected chi connectivity index (χ4v) is 5.18. The van der Waals surface area contributed by atoms with Crippen molar-refractivity contribution in [1.29, 1.82) is 0 Å². The Balaban J connectivity index is 0.000000692. The predicted octanol–water partition coefficient (Wildman–Crippen LogP) is 1.03. The van der Waals surface area contributed by atoms with Crippen LogP contribution in [0.25, 0.3) is 10.9 Å². The molecule has 1 aromatic carbocycles. The molecule has 53 heavy (non-hydrogen) atoms. The first kappa shape index (κ1) is 48.4. The van der Waals surface area contributed by atoms with E-state index in [1.807, 2.05) is 44.0 Å². The number of nitrogens with zero attached hydrogens (tertiary/aromatic N) is 3. The van der Waals surface area contributed by atoms with Gasteiger partial charge in [0.15, 0.2) is 0 Å². The zero-order chi connectivity index (χ0) is 40.7. The van der Waals surface area contributed by atoms with E-state index in [4.69, 9.17) is 0 Å². The summed E-state index contributed by atoms with van der Waals surface area (Å²) in [4.78, 5) is 70.0. The van der Waals surface area contributed by atoms with Gasteiger partial charge in [-0.2, -0.15) is 0 Å². The van der Waals surface area contributed by atoms with Crippen molar-refractivity contribution < 1.29 is 28.8 Å². The molecule has 0 saturated heterocycles. The molecule has 15 heteroatoms. The van der Waals surface area contributed by atoms with E-state index in [-0.39, 0.29) is 65.5 Å². The van der Waals surface area contributed by atoms with Crippen LogP contribution >= 0.6 is 0 Å². The minimum absolute atomic E-state index is 0.0175. The van der Waals surface area contributed by atoms with E-state index in [1.165, 1.54) is 30.3 Å². The number of ketones is 4. The summed E-state index contributed by atoms with van der Waals surface area (Å²) in [5.74, 6) is 0.224. The van der Waals surface area contributed by atoms with Gasteiger partial charge in [-0.1, -0.05) is 18.2 Å². The van der Waals surface area contributed by atoms with Crippen molar-refractivity contribution in [2.75, 3.05) is 42.3 Å². The smallest absolute Gasteiger partial charge is 0.221 e. The van der Waals surface area contributed by atoms with Gasteiger partial charge in [0.05, 0.1) is 36.2 Å². The topological polar surface area (TPSA) is 197 Å². The van der Waals surface area contributed by atoms with Gasteiger partial charge in [-0.25, -0.2) is 4.98 Å². The maximum Gasteiger partial charge on any atom is 0.221 e. The molecule has 2 aromatic heterocycles. The van der Waals surface area contributed by atoms with Gasteiger partial charge in [-0.05, 0) is 80.4 Å². The van der Waals surface area contributed by atoms with Crippen molar-refractivity contribution in [3.8, 4) is 0 Å². The van der Waals surface area contributed by atoms with E-state index in [2.05, 4.69) is 59.8 Å². The number of hydrogen-bond acceptors (Lipinski definition) is 11. The van der Waals surface area contributed by atoms with Crippen LogP contribution in [0.5, 0.6) is 0 Å². The molecule has 2 heterocycles. The molecular formula is C38H63N9O6. The highest BCUT2D eigenvalue weighted by Crippen LogP contribution is 2.21. The monoisotopic (exact) mass is 741 g/mol. The Kier molecular flexibility index (Phi) is 24.0. The molecule has 4 unspecified atom stereocenters. The number of hydrogen-bond donors (Lipinski definition) is 6. The average molecular weight is 742 g/mol. The lowest BCUT2D eigenvalue weighted by Gasteiger charge is -2.11. The Bertz CT molecular complexity index is 1600. The molecule has 4 atom stereocenters. The number of carbonyl (C=O) groups is 6. The highest BCUT2D eigenvalue weighted by Gasteiger charge is 2.17. The summed E-state index contributed by atoms with van der Waals surface area (Å²) < 4.78 is 3.99. The molecule has 3 rings (SSSR count). The van der Waals surface area contributed by atoms with Crippen LogP contribution < -0.4 is 31.9 Å². The second-order valence-corrected chi connectivity index (χ2v) is 12.6. The molecule has 3 aromatic rings. The number of para-hydroxylation sites is 1. The average Bonchev–Trinajstić information content (AvgIpc) is 3.69. The van der Waals surface area contributed by atoms with Crippen LogP contribution in [0.3, 0.4) is 0 Å². The Hall–Kier alpha value is -4.57. The molecule has 0 spiro atoms. The van der Waals surface area contributed by atoms with E-state index in [1.54, 1.807) is 55.4 Å². The Morgan fingerprint density at radius 2 is 1.13 bits per heavy atom. The number of benzene rings is 1. The minimum atomic E-state index is -0.352. The predicted molar refractivity (Wildman–Crippen MR) is 210 cm³/mol. The summed E-state index contributed by atoms with van der Waals surface area (Å²) in [5.41, 5.74) is 3.37. The number of rotatable bonds is 17. The SMILES string of the molecule is CNC(=O)CC(NC)C(C)=O.CNC(=O)CCC(NC)C(C)=O.CNC(Cc1cn(C)c2ccccc12)C(C)=O.CNC(Cc1cn(C)cn1)C(C)=O. The molecule has 0 aliphatic rings. The molecule has 6 N–H and O–H groups in total. The lowest BCUT2D eigenvalue weighted by atomic mass is 10.0. The van der Waals surface area contributed by atoms with Gasteiger partial charge in [-0.15, -0.1) is 0 Å². The van der Waals surface area contributed by atoms with E-state index in [9.17, 15) is 28.8 Å². The molecule has 0 saturated carbocycles. The maximum atomic E-state index is 11.5. The summed E-state index contributed by atoms with van der Waals surface area (Å²) in [6, 6.07) is 7.52. The van der Waals surface area contributed by atoms with Crippen LogP contribution in [0.1, 0.15) is 58.2 Å². The first-order valence-corrected chi connectivity index (χ1v) is 17.6. The molecular weight excluding hydrogens is 678 g/mol. The Morgan fingerprint density at radius 1 is 0.642 bits per heavy atom. The molecule has 0 aliphatic heterocycles. The van der Waals surface area contributed by atoms with Crippen LogP contribution in [-0.4, -0.2) is 116 Å². The normalized spacial score (nSPS) is 12.6. The minimum Gasteiger partial charge on any atom is -0.359 e. The second-order valence-electron chi connectivity index (χ2n) is 12.6. The molecule has 0 aliphatic carbocycles. The molecule has 15 nitrogen and oxygen atoms in total. The summed E-state index contributed by atoms with van der Waals surface area (Å²) in [6.45, 7) is 6.20. The Morgan fingerprint density at radius 3 is 1.57 bits per heavy atom. The zero-order valence-electron chi connectivity index (χ0n) is 33.7. The van der Waals surface area contributed by atoms with Crippen LogP contribution in [0.15, 0.2) is 43.0 Å². The second kappa shape index (κ2) is 26.2. The van der Waals surface area contributed by atoms with Crippen molar-refractivity contribution in [3.63, 3.8) is 0 Å². The molecule has 2 amide bonds. The van der Waals surface area contributed by atoms with Crippen LogP contribution in [-0.2, 0) is 55.7 Å². The first-order valence-electron chi connectivity index (χ1n) is 17.6. The van der Waals surface area contributed by atoms with Crippen molar-refractivity contribution >= 4 is 45.9 Å². The summed E-state index contributed by atoms with van der Waals surface area (Å²) in [7, 11) is 14.1. The van der Waals surface area contributed by atoms with Crippen molar-refractivity contribution in [1.82, 2.24) is 46.0 Å². The third kappa shape index (κ3) is 18.7. The van der Waals surface area contributed by atoms with Gasteiger partial charge in [0, 0.05) is 70.7 Å². The molecule has 0 bridgehead atoms. The first-order chi connectivity index (χ1) is 25.0. The highest BCUT2D eigenvalue weighted by molar-refractivity contribution is 5.88. The number of likely N-dealkylation sites (N-methyl/N-ethyl adjacent to an activating group) is 4. The number of carbonyl (C=O) groups excluding carboxylic acids is 6. The van der Waals surface area contributed by atoms with Crippen molar-refractivity contribution in [2.45, 2.75) is 84.0 Å². The lowest BCUT2D eigenvalue weighted by Crippen LogP contribution is -2.37. The van der Waals surface area contributed by atoms with E-state index in [0.717, 1.165) is 12.1 Å². The maximum absolute atomic E-state index is 11.5. The number of Topliss-reactive ketones (excluding diaryl/α,β-unsaturated/α-hetero) is 4. The van der Waals surface area contributed by atoms with Crippen LogP contribution in [0.4, 0.5) is 0 Å². The number of fused-ring (bicyclic) bond motifs is 1. The molecule has 0 fully saturated rings. The lowest BCUT2D eigenvalue weighted by molar-refractivity contribution is -0.125. The van der Waals surface area contributed by atoms with Gasteiger partial charge in [0.2, 0.25) is 11.8 Å². The largest absolute Gasteiger partial charge is 0.359 e.